The Balaban J connectivity index is 2.09. The highest BCUT2D eigenvalue weighted by atomic mass is 16.5. The number of ether oxygens (including phenoxy) is 1. The zero-order valence-corrected chi connectivity index (χ0v) is 11.0. The van der Waals surface area contributed by atoms with Crippen LogP contribution in [0.1, 0.15) is 59.3 Å². The summed E-state index contributed by atoms with van der Waals surface area (Å²) in [5.74, 6) is 0.804. The molecular formula is C14H25NO. The Morgan fingerprint density at radius 1 is 1.25 bits per heavy atom. The number of allylic oxidation sites excluding steroid dienone is 1. The molecule has 0 N–H and O–H groups in total. The molecule has 0 saturated heterocycles. The number of hydrogen-bond acceptors (Lipinski definition) is 2. The van der Waals surface area contributed by atoms with Gasteiger partial charge in [0.2, 0.25) is 5.90 Å². The van der Waals surface area contributed by atoms with Crippen LogP contribution in [0, 0.1) is 0 Å². The molecule has 0 bridgehead atoms. The highest BCUT2D eigenvalue weighted by Gasteiger charge is 2.24. The molecule has 16 heavy (non-hydrogen) atoms. The Bertz CT molecular complexity index is 253. The van der Waals surface area contributed by atoms with Crippen molar-refractivity contribution in [1.29, 1.82) is 0 Å². The standard InChI is InChI=1S/C14H25NO/c1-4-5-6-7-8-9-10-11-13-15-14(2,3)12-16-13/h10-11H,4-9,12H2,1-3H3/b11-10+. The van der Waals surface area contributed by atoms with Crippen molar-refractivity contribution >= 4 is 5.90 Å². The number of unbranched alkanes of at least 4 members (excludes halogenated alkanes) is 5. The van der Waals surface area contributed by atoms with E-state index in [1.807, 2.05) is 6.08 Å². The Hall–Kier alpha value is -0.790. The summed E-state index contributed by atoms with van der Waals surface area (Å²) in [6.07, 6.45) is 12.0. The van der Waals surface area contributed by atoms with Crippen LogP contribution in [0.15, 0.2) is 17.1 Å². The first-order valence-electron chi connectivity index (χ1n) is 6.53. The van der Waals surface area contributed by atoms with Gasteiger partial charge in [0.15, 0.2) is 0 Å². The fraction of sp³-hybridized carbons (Fsp3) is 0.786. The molecule has 0 amide bonds. The van der Waals surface area contributed by atoms with Crippen LogP contribution in [0.2, 0.25) is 0 Å². The molecule has 2 nitrogen and oxygen atoms in total. The second-order valence-corrected chi connectivity index (χ2v) is 5.16. The summed E-state index contributed by atoms with van der Waals surface area (Å²) in [6.45, 7) is 7.15. The summed E-state index contributed by atoms with van der Waals surface area (Å²) in [6, 6.07) is 0. The van der Waals surface area contributed by atoms with Crippen LogP contribution in [-0.4, -0.2) is 18.0 Å². The molecule has 2 heteroatoms. The lowest BCUT2D eigenvalue weighted by atomic mass is 10.1. The fourth-order valence-electron chi connectivity index (χ4n) is 1.75. The fourth-order valence-corrected chi connectivity index (χ4v) is 1.75. The summed E-state index contributed by atoms with van der Waals surface area (Å²) in [5, 5.41) is 0. The monoisotopic (exact) mass is 223 g/mol. The molecule has 0 radical (unpaired) electrons. The van der Waals surface area contributed by atoms with Gasteiger partial charge in [0.05, 0.1) is 5.54 Å². The van der Waals surface area contributed by atoms with Gasteiger partial charge in [-0.1, -0.05) is 38.7 Å². The first kappa shape index (κ1) is 13.3. The molecule has 0 aromatic carbocycles. The van der Waals surface area contributed by atoms with Crippen molar-refractivity contribution in [2.45, 2.75) is 64.8 Å². The molecule has 0 spiro atoms. The van der Waals surface area contributed by atoms with E-state index in [0.29, 0.717) is 6.61 Å². The third-order valence-corrected chi connectivity index (χ3v) is 2.72. The van der Waals surface area contributed by atoms with Gasteiger partial charge in [0, 0.05) is 0 Å². The van der Waals surface area contributed by atoms with Crippen molar-refractivity contribution in [3.05, 3.63) is 12.2 Å². The first-order chi connectivity index (χ1) is 7.64. The molecule has 0 aromatic rings. The van der Waals surface area contributed by atoms with Gasteiger partial charge in [-0.15, -0.1) is 0 Å². The average molecular weight is 223 g/mol. The SMILES string of the molecule is CCCCCCC/C=C/C1=NC(C)(C)CO1. The number of hydrogen-bond donors (Lipinski definition) is 0. The Labute approximate surface area is 99.8 Å². The van der Waals surface area contributed by atoms with Crippen molar-refractivity contribution in [3.8, 4) is 0 Å². The second kappa shape index (κ2) is 6.72. The normalized spacial score (nSPS) is 18.8. The Morgan fingerprint density at radius 2 is 2.00 bits per heavy atom. The van der Waals surface area contributed by atoms with Gasteiger partial charge in [-0.05, 0) is 32.8 Å². The lowest BCUT2D eigenvalue weighted by Gasteiger charge is -2.07. The molecule has 92 valence electrons. The maximum Gasteiger partial charge on any atom is 0.208 e. The number of rotatable bonds is 7. The zero-order valence-electron chi connectivity index (χ0n) is 11.0. The van der Waals surface area contributed by atoms with Gasteiger partial charge in [0.1, 0.15) is 6.61 Å². The van der Waals surface area contributed by atoms with E-state index in [9.17, 15) is 0 Å². The summed E-state index contributed by atoms with van der Waals surface area (Å²) < 4.78 is 5.48. The predicted octanol–water partition coefficient (Wildman–Crippen LogP) is 4.11. The van der Waals surface area contributed by atoms with Crippen LogP contribution in [0.3, 0.4) is 0 Å². The van der Waals surface area contributed by atoms with Gasteiger partial charge in [0.25, 0.3) is 0 Å². The van der Waals surface area contributed by atoms with E-state index in [1.54, 1.807) is 0 Å². The third kappa shape index (κ3) is 5.34. The minimum atomic E-state index is -0.0270. The largest absolute Gasteiger partial charge is 0.475 e. The third-order valence-electron chi connectivity index (χ3n) is 2.72. The summed E-state index contributed by atoms with van der Waals surface area (Å²) >= 11 is 0. The molecule has 0 unspecified atom stereocenters. The van der Waals surface area contributed by atoms with Crippen LogP contribution < -0.4 is 0 Å². The summed E-state index contributed by atoms with van der Waals surface area (Å²) in [5.41, 5.74) is -0.0270. The highest BCUT2D eigenvalue weighted by Crippen LogP contribution is 2.17. The van der Waals surface area contributed by atoms with Crippen molar-refractivity contribution in [1.82, 2.24) is 0 Å². The van der Waals surface area contributed by atoms with Crippen LogP contribution in [0.4, 0.5) is 0 Å². The van der Waals surface area contributed by atoms with Gasteiger partial charge in [-0.3, -0.25) is 0 Å². The van der Waals surface area contributed by atoms with Gasteiger partial charge in [-0.25, -0.2) is 4.99 Å². The Morgan fingerprint density at radius 3 is 2.62 bits per heavy atom. The second-order valence-electron chi connectivity index (χ2n) is 5.16. The average Bonchev–Trinajstić information content (AvgIpc) is 2.57. The molecule has 1 aliphatic rings. The molecule has 0 aromatic heterocycles. The molecule has 1 rings (SSSR count). The van der Waals surface area contributed by atoms with E-state index in [4.69, 9.17) is 4.74 Å². The highest BCUT2D eigenvalue weighted by molar-refractivity contribution is 5.89. The minimum absolute atomic E-state index is 0.0270. The van der Waals surface area contributed by atoms with E-state index >= 15 is 0 Å². The maximum absolute atomic E-state index is 5.48. The van der Waals surface area contributed by atoms with E-state index < -0.39 is 0 Å². The quantitative estimate of drug-likeness (QED) is 0.595. The molecule has 1 heterocycles. The van der Waals surface area contributed by atoms with E-state index in [-0.39, 0.29) is 5.54 Å². The van der Waals surface area contributed by atoms with E-state index in [1.165, 1.54) is 32.1 Å². The topological polar surface area (TPSA) is 21.6 Å². The predicted molar refractivity (Wildman–Crippen MR) is 70.0 cm³/mol. The van der Waals surface area contributed by atoms with Crippen LogP contribution in [0.25, 0.3) is 0 Å². The van der Waals surface area contributed by atoms with Gasteiger partial charge in [-0.2, -0.15) is 0 Å². The molecule has 0 fully saturated rings. The van der Waals surface area contributed by atoms with Crippen LogP contribution >= 0.6 is 0 Å². The first-order valence-corrected chi connectivity index (χ1v) is 6.53. The Kier molecular flexibility index (Phi) is 5.58. The maximum atomic E-state index is 5.48. The molecule has 1 aliphatic heterocycles. The van der Waals surface area contributed by atoms with Crippen molar-refractivity contribution < 1.29 is 4.74 Å². The minimum Gasteiger partial charge on any atom is -0.475 e. The number of aliphatic imine (C=N–C) groups is 1. The summed E-state index contributed by atoms with van der Waals surface area (Å²) in [4.78, 5) is 4.48. The number of nitrogens with zero attached hydrogens (tertiary/aromatic N) is 1. The molecule has 0 aliphatic carbocycles. The molecule has 0 saturated carbocycles. The smallest absolute Gasteiger partial charge is 0.208 e. The zero-order chi connectivity index (χ0) is 11.9. The van der Waals surface area contributed by atoms with Crippen molar-refractivity contribution in [3.63, 3.8) is 0 Å². The van der Waals surface area contributed by atoms with E-state index in [2.05, 4.69) is 31.8 Å². The lowest BCUT2D eigenvalue weighted by molar-refractivity contribution is 0.280. The van der Waals surface area contributed by atoms with Crippen LogP contribution in [-0.2, 0) is 4.74 Å². The van der Waals surface area contributed by atoms with Crippen molar-refractivity contribution in [2.75, 3.05) is 6.61 Å². The van der Waals surface area contributed by atoms with E-state index in [0.717, 1.165) is 12.3 Å². The van der Waals surface area contributed by atoms with Crippen molar-refractivity contribution in [2.24, 2.45) is 4.99 Å². The summed E-state index contributed by atoms with van der Waals surface area (Å²) in [7, 11) is 0. The molecular weight excluding hydrogens is 198 g/mol. The van der Waals surface area contributed by atoms with Gasteiger partial charge >= 0.3 is 0 Å². The molecule has 0 atom stereocenters. The van der Waals surface area contributed by atoms with Gasteiger partial charge < -0.3 is 4.74 Å². The van der Waals surface area contributed by atoms with Crippen LogP contribution in [0.5, 0.6) is 0 Å². The lowest BCUT2D eigenvalue weighted by Crippen LogP contribution is -2.17.